The fourth-order valence-corrected chi connectivity index (χ4v) is 1.33. The Kier molecular flexibility index (Phi) is 3.46. The van der Waals surface area contributed by atoms with E-state index in [4.69, 9.17) is 5.11 Å². The molecule has 2 aromatic carbocycles. The first-order valence-electron chi connectivity index (χ1n) is 5.21. The fourth-order valence-electron chi connectivity index (χ4n) is 1.33. The fraction of sp³-hybridized carbons (Fsp3) is 0. The number of benzene rings is 2. The second kappa shape index (κ2) is 5.21. The van der Waals surface area contributed by atoms with Gasteiger partial charge in [-0.25, -0.2) is 4.39 Å². The van der Waals surface area contributed by atoms with Crippen LogP contribution >= 0.6 is 0 Å². The average Bonchev–Trinajstić information content (AvgIpc) is 2.38. The molecular weight excluding hydrogens is 253 g/mol. The number of hydrogen-bond acceptors (Lipinski definition) is 5. The summed E-state index contributed by atoms with van der Waals surface area (Å²) >= 11 is 0. The minimum atomic E-state index is -0.703. The zero-order valence-corrected chi connectivity index (χ0v) is 9.52. The van der Waals surface area contributed by atoms with Gasteiger partial charge in [-0.15, -0.1) is 5.11 Å². The molecule has 2 aromatic rings. The summed E-state index contributed by atoms with van der Waals surface area (Å²) in [7, 11) is 0. The number of rotatable bonds is 3. The van der Waals surface area contributed by atoms with E-state index in [1.807, 2.05) is 0 Å². The van der Waals surface area contributed by atoms with E-state index in [-0.39, 0.29) is 17.1 Å². The third-order valence-electron chi connectivity index (χ3n) is 2.26. The normalized spacial score (nSPS) is 10.8. The van der Waals surface area contributed by atoms with Crippen molar-refractivity contribution in [2.75, 3.05) is 0 Å². The lowest BCUT2D eigenvalue weighted by molar-refractivity contribution is -0.384. The van der Waals surface area contributed by atoms with Crippen molar-refractivity contribution < 1.29 is 14.4 Å². The zero-order chi connectivity index (χ0) is 13.8. The lowest BCUT2D eigenvalue weighted by Crippen LogP contribution is -1.85. The third-order valence-corrected chi connectivity index (χ3v) is 2.26. The molecule has 0 heterocycles. The van der Waals surface area contributed by atoms with Gasteiger partial charge in [0.1, 0.15) is 11.4 Å². The van der Waals surface area contributed by atoms with Gasteiger partial charge in [-0.3, -0.25) is 10.1 Å². The van der Waals surface area contributed by atoms with Gasteiger partial charge >= 0.3 is 0 Å². The van der Waals surface area contributed by atoms with Crippen LogP contribution in [0.15, 0.2) is 52.7 Å². The second-order valence-corrected chi connectivity index (χ2v) is 3.61. The number of non-ortho nitro benzene ring substituents is 1. The molecule has 0 saturated heterocycles. The molecule has 0 aliphatic heterocycles. The van der Waals surface area contributed by atoms with Crippen LogP contribution in [0.3, 0.4) is 0 Å². The van der Waals surface area contributed by atoms with Crippen molar-refractivity contribution >= 4 is 17.1 Å². The van der Waals surface area contributed by atoms with Crippen molar-refractivity contribution in [1.82, 2.24) is 0 Å². The molecule has 0 aromatic heterocycles. The van der Waals surface area contributed by atoms with Crippen LogP contribution in [0.1, 0.15) is 0 Å². The molecule has 0 bridgehead atoms. The number of hydrogen-bond donors (Lipinski definition) is 1. The highest BCUT2D eigenvalue weighted by atomic mass is 19.1. The molecule has 19 heavy (non-hydrogen) atoms. The lowest BCUT2D eigenvalue weighted by atomic mass is 10.3. The molecule has 0 atom stereocenters. The first-order chi connectivity index (χ1) is 9.06. The van der Waals surface area contributed by atoms with Crippen molar-refractivity contribution in [2.45, 2.75) is 0 Å². The van der Waals surface area contributed by atoms with Gasteiger partial charge in [0.15, 0.2) is 5.82 Å². The maximum Gasteiger partial charge on any atom is 0.269 e. The summed E-state index contributed by atoms with van der Waals surface area (Å²) in [5, 5.41) is 26.9. The van der Waals surface area contributed by atoms with Gasteiger partial charge in [0.25, 0.3) is 5.69 Å². The molecule has 1 N–H and O–H groups in total. The smallest absolute Gasteiger partial charge is 0.269 e. The second-order valence-electron chi connectivity index (χ2n) is 3.61. The Morgan fingerprint density at radius 2 is 1.79 bits per heavy atom. The van der Waals surface area contributed by atoms with E-state index in [2.05, 4.69) is 10.2 Å². The first kappa shape index (κ1) is 12.6. The Morgan fingerprint density at radius 3 is 2.37 bits per heavy atom. The monoisotopic (exact) mass is 261 g/mol. The van der Waals surface area contributed by atoms with Crippen molar-refractivity contribution in [3.63, 3.8) is 0 Å². The lowest BCUT2D eigenvalue weighted by Gasteiger charge is -1.96. The molecule has 7 heteroatoms. The molecule has 0 spiro atoms. The molecule has 0 amide bonds. The minimum absolute atomic E-state index is 0.0313. The van der Waals surface area contributed by atoms with Gasteiger partial charge in [-0.1, -0.05) is 0 Å². The maximum atomic E-state index is 13.3. The highest BCUT2D eigenvalue weighted by molar-refractivity contribution is 5.46. The standard InChI is InChI=1S/C12H8FN3O3/c13-11-7-10(17)5-6-12(11)15-14-8-1-3-9(4-2-8)16(18)19/h1-7,17H/b15-14+. The van der Waals surface area contributed by atoms with Crippen LogP contribution < -0.4 is 0 Å². The van der Waals surface area contributed by atoms with Crippen LogP contribution in [0.5, 0.6) is 5.75 Å². The Bertz CT molecular complexity index is 641. The SMILES string of the molecule is O=[N+]([O-])c1ccc(/N=N/c2ccc(O)cc2F)cc1. The van der Waals surface area contributed by atoms with E-state index in [0.29, 0.717) is 5.69 Å². The number of halogens is 1. The van der Waals surface area contributed by atoms with Crippen molar-refractivity contribution in [3.05, 3.63) is 58.4 Å². The third kappa shape index (κ3) is 3.09. The summed E-state index contributed by atoms with van der Waals surface area (Å²) in [6.45, 7) is 0. The summed E-state index contributed by atoms with van der Waals surface area (Å²) in [6, 6.07) is 8.85. The minimum Gasteiger partial charge on any atom is -0.508 e. The molecule has 0 unspecified atom stereocenters. The molecule has 0 fully saturated rings. The highest BCUT2D eigenvalue weighted by Gasteiger charge is 2.04. The summed E-state index contributed by atoms with van der Waals surface area (Å²) in [5.41, 5.74) is 0.268. The summed E-state index contributed by atoms with van der Waals surface area (Å²) in [4.78, 5) is 9.92. The van der Waals surface area contributed by atoms with Gasteiger partial charge in [0.2, 0.25) is 0 Å². The highest BCUT2D eigenvalue weighted by Crippen LogP contribution is 2.25. The van der Waals surface area contributed by atoms with Crippen molar-refractivity contribution in [1.29, 1.82) is 0 Å². The molecule has 0 radical (unpaired) electrons. The Morgan fingerprint density at radius 1 is 1.11 bits per heavy atom. The Labute approximate surface area is 107 Å². The van der Waals surface area contributed by atoms with Gasteiger partial charge in [0, 0.05) is 18.2 Å². The number of phenols is 1. The number of nitrogens with zero attached hydrogens (tertiary/aromatic N) is 3. The summed E-state index contributed by atoms with van der Waals surface area (Å²) in [5.74, 6) is -0.905. The molecule has 6 nitrogen and oxygen atoms in total. The van der Waals surface area contributed by atoms with Crippen LogP contribution in [-0.4, -0.2) is 10.0 Å². The molecule has 0 aliphatic rings. The van der Waals surface area contributed by atoms with E-state index < -0.39 is 10.7 Å². The van der Waals surface area contributed by atoms with Gasteiger partial charge < -0.3 is 5.11 Å². The largest absolute Gasteiger partial charge is 0.508 e. The van der Waals surface area contributed by atoms with Crippen molar-refractivity contribution in [2.24, 2.45) is 10.2 Å². The predicted octanol–water partition coefficient (Wildman–Crippen LogP) is 3.85. The summed E-state index contributed by atoms with van der Waals surface area (Å²) in [6.07, 6.45) is 0. The molecule has 96 valence electrons. The van der Waals surface area contributed by atoms with E-state index in [9.17, 15) is 14.5 Å². The zero-order valence-electron chi connectivity index (χ0n) is 9.52. The molecule has 0 saturated carbocycles. The van der Waals surface area contributed by atoms with Crippen LogP contribution in [0.25, 0.3) is 0 Å². The van der Waals surface area contributed by atoms with Gasteiger partial charge in [-0.05, 0) is 24.3 Å². The van der Waals surface area contributed by atoms with Gasteiger partial charge in [-0.2, -0.15) is 5.11 Å². The molecular formula is C12H8FN3O3. The van der Waals surface area contributed by atoms with E-state index in [1.165, 1.54) is 36.4 Å². The Balaban J connectivity index is 2.20. The van der Waals surface area contributed by atoms with Crippen LogP contribution in [0, 0.1) is 15.9 Å². The number of aromatic hydroxyl groups is 1. The molecule has 0 aliphatic carbocycles. The van der Waals surface area contributed by atoms with Crippen LogP contribution in [0.4, 0.5) is 21.5 Å². The number of nitro groups is 1. The number of azo groups is 1. The predicted molar refractivity (Wildman–Crippen MR) is 65.3 cm³/mol. The van der Waals surface area contributed by atoms with Gasteiger partial charge in [0.05, 0.1) is 10.6 Å². The quantitative estimate of drug-likeness (QED) is 0.517. The van der Waals surface area contributed by atoms with Crippen molar-refractivity contribution in [3.8, 4) is 5.75 Å². The topological polar surface area (TPSA) is 88.1 Å². The van der Waals surface area contributed by atoms with E-state index in [1.54, 1.807) is 0 Å². The van der Waals surface area contributed by atoms with E-state index in [0.717, 1.165) is 6.07 Å². The maximum absolute atomic E-state index is 13.3. The summed E-state index contributed by atoms with van der Waals surface area (Å²) < 4.78 is 13.3. The Hall–Kier alpha value is -2.83. The molecule has 2 rings (SSSR count). The van der Waals surface area contributed by atoms with E-state index >= 15 is 0 Å². The number of phenolic OH excluding ortho intramolecular Hbond substituents is 1. The van der Waals surface area contributed by atoms with Crippen LogP contribution in [0.2, 0.25) is 0 Å². The number of nitro benzene ring substituents is 1. The van der Waals surface area contributed by atoms with Crippen LogP contribution in [-0.2, 0) is 0 Å². The first-order valence-corrected chi connectivity index (χ1v) is 5.21. The average molecular weight is 261 g/mol.